The molecule has 4 nitrogen and oxygen atoms in total. The second-order valence-electron chi connectivity index (χ2n) is 4.37. The average Bonchev–Trinajstić information content (AvgIpc) is 2.30. The molecule has 1 atom stereocenters. The summed E-state index contributed by atoms with van der Waals surface area (Å²) in [6.45, 7) is 3.15. The van der Waals surface area contributed by atoms with Gasteiger partial charge in [0.2, 0.25) is 0 Å². The van der Waals surface area contributed by atoms with Crippen molar-refractivity contribution in [2.75, 3.05) is 7.11 Å². The third-order valence-electron chi connectivity index (χ3n) is 2.84. The van der Waals surface area contributed by atoms with Crippen molar-refractivity contribution in [1.82, 2.24) is 0 Å². The highest BCUT2D eigenvalue weighted by molar-refractivity contribution is 5.85. The molecule has 0 fully saturated rings. The zero-order valence-electron chi connectivity index (χ0n) is 10.4. The van der Waals surface area contributed by atoms with Gasteiger partial charge in [0.25, 0.3) is 0 Å². The van der Waals surface area contributed by atoms with Gasteiger partial charge in [0.1, 0.15) is 0 Å². The molecule has 1 aromatic carbocycles. The standard InChI is InChI=1S/C12H16FNO3.ClH/c1-12(2,11(16)17-3)10(14)7-5-4-6-8(13)9(7)15;/h4-6,10,15H,14H2,1-3H3;1H/t10-;/m0./s1. The molecule has 0 saturated heterocycles. The van der Waals surface area contributed by atoms with Crippen molar-refractivity contribution in [3.8, 4) is 5.75 Å². The minimum absolute atomic E-state index is 0. The molecule has 0 heterocycles. The summed E-state index contributed by atoms with van der Waals surface area (Å²) < 4.78 is 17.8. The smallest absolute Gasteiger partial charge is 0.313 e. The van der Waals surface area contributed by atoms with E-state index in [0.717, 1.165) is 6.07 Å². The van der Waals surface area contributed by atoms with Gasteiger partial charge in [-0.15, -0.1) is 12.4 Å². The number of rotatable bonds is 3. The van der Waals surface area contributed by atoms with Crippen molar-refractivity contribution in [3.05, 3.63) is 29.6 Å². The molecule has 1 rings (SSSR count). The fourth-order valence-corrected chi connectivity index (χ4v) is 1.56. The van der Waals surface area contributed by atoms with Crippen LogP contribution in [0.3, 0.4) is 0 Å². The Labute approximate surface area is 111 Å². The van der Waals surface area contributed by atoms with Gasteiger partial charge in [-0.2, -0.15) is 0 Å². The van der Waals surface area contributed by atoms with Gasteiger partial charge in [-0.1, -0.05) is 12.1 Å². The zero-order valence-corrected chi connectivity index (χ0v) is 11.3. The van der Waals surface area contributed by atoms with Gasteiger partial charge in [0.15, 0.2) is 11.6 Å². The third kappa shape index (κ3) is 2.91. The number of halogens is 2. The van der Waals surface area contributed by atoms with Crippen LogP contribution in [0.15, 0.2) is 18.2 Å². The number of hydrogen-bond acceptors (Lipinski definition) is 4. The van der Waals surface area contributed by atoms with Crippen molar-refractivity contribution in [3.63, 3.8) is 0 Å². The highest BCUT2D eigenvalue weighted by Crippen LogP contribution is 2.37. The molecule has 1 aromatic rings. The van der Waals surface area contributed by atoms with Crippen molar-refractivity contribution in [1.29, 1.82) is 0 Å². The zero-order chi connectivity index (χ0) is 13.2. The quantitative estimate of drug-likeness (QED) is 0.831. The van der Waals surface area contributed by atoms with Crippen LogP contribution in [0.2, 0.25) is 0 Å². The van der Waals surface area contributed by atoms with Gasteiger partial charge in [-0.25, -0.2) is 4.39 Å². The molecule has 0 aromatic heterocycles. The Morgan fingerprint density at radius 3 is 2.56 bits per heavy atom. The molecule has 0 spiro atoms. The Kier molecular flexibility index (Phi) is 5.57. The number of carbonyl (C=O) groups excluding carboxylic acids is 1. The van der Waals surface area contributed by atoms with Crippen molar-refractivity contribution < 1.29 is 19.0 Å². The van der Waals surface area contributed by atoms with Crippen molar-refractivity contribution >= 4 is 18.4 Å². The SMILES string of the molecule is COC(=O)C(C)(C)[C@@H](N)c1cccc(F)c1O.Cl. The number of esters is 1. The van der Waals surface area contributed by atoms with E-state index in [2.05, 4.69) is 4.74 Å². The monoisotopic (exact) mass is 277 g/mol. The molecule has 3 N–H and O–H groups in total. The Balaban J connectivity index is 0.00000289. The number of phenols is 1. The Hall–Kier alpha value is -1.33. The van der Waals surface area contributed by atoms with Crippen LogP contribution >= 0.6 is 12.4 Å². The molecule has 0 aliphatic heterocycles. The summed E-state index contributed by atoms with van der Waals surface area (Å²) in [4.78, 5) is 11.6. The lowest BCUT2D eigenvalue weighted by Gasteiger charge is -2.29. The van der Waals surface area contributed by atoms with Gasteiger partial charge in [-0.05, 0) is 19.9 Å². The predicted molar refractivity (Wildman–Crippen MR) is 68.0 cm³/mol. The van der Waals surface area contributed by atoms with Crippen LogP contribution in [-0.4, -0.2) is 18.2 Å². The average molecular weight is 278 g/mol. The molecule has 0 bridgehead atoms. The lowest BCUT2D eigenvalue weighted by Crippen LogP contribution is -2.37. The molecule has 102 valence electrons. The fourth-order valence-electron chi connectivity index (χ4n) is 1.56. The van der Waals surface area contributed by atoms with E-state index in [1.807, 2.05) is 0 Å². The molecule has 0 saturated carbocycles. The minimum atomic E-state index is -1.06. The number of carbonyl (C=O) groups is 1. The lowest BCUT2D eigenvalue weighted by molar-refractivity contribution is -0.152. The predicted octanol–water partition coefficient (Wildman–Crippen LogP) is 2.15. The van der Waals surface area contributed by atoms with E-state index in [1.165, 1.54) is 19.2 Å². The fraction of sp³-hybridized carbons (Fsp3) is 0.417. The first-order chi connectivity index (χ1) is 7.82. The Morgan fingerprint density at radius 2 is 2.06 bits per heavy atom. The lowest BCUT2D eigenvalue weighted by atomic mass is 9.80. The van der Waals surface area contributed by atoms with Gasteiger partial charge in [0, 0.05) is 11.6 Å². The van der Waals surface area contributed by atoms with Crippen LogP contribution < -0.4 is 5.73 Å². The molecule has 0 unspecified atom stereocenters. The highest BCUT2D eigenvalue weighted by atomic mass is 35.5. The summed E-state index contributed by atoms with van der Waals surface area (Å²) in [7, 11) is 1.25. The summed E-state index contributed by atoms with van der Waals surface area (Å²) in [5, 5.41) is 9.58. The van der Waals surface area contributed by atoms with Crippen molar-refractivity contribution in [2.24, 2.45) is 11.1 Å². The molecular weight excluding hydrogens is 261 g/mol. The molecule has 0 amide bonds. The summed E-state index contributed by atoms with van der Waals surface area (Å²) in [5.74, 6) is -1.82. The summed E-state index contributed by atoms with van der Waals surface area (Å²) >= 11 is 0. The van der Waals surface area contributed by atoms with Gasteiger partial charge < -0.3 is 15.6 Å². The maximum absolute atomic E-state index is 13.2. The molecule has 6 heteroatoms. The van der Waals surface area contributed by atoms with E-state index in [1.54, 1.807) is 13.8 Å². The number of hydrogen-bond donors (Lipinski definition) is 2. The highest BCUT2D eigenvalue weighted by Gasteiger charge is 2.38. The maximum atomic E-state index is 13.2. The third-order valence-corrected chi connectivity index (χ3v) is 2.84. The van der Waals surface area contributed by atoms with E-state index in [4.69, 9.17) is 5.73 Å². The number of phenolic OH excluding ortho intramolecular Hbond substituents is 1. The summed E-state index contributed by atoms with van der Waals surface area (Å²) in [6.07, 6.45) is 0. The van der Waals surface area contributed by atoms with Gasteiger partial charge >= 0.3 is 5.97 Å². The number of methoxy groups -OCH3 is 1. The van der Waals surface area contributed by atoms with E-state index in [0.29, 0.717) is 0 Å². The number of nitrogens with two attached hydrogens (primary N) is 1. The topological polar surface area (TPSA) is 72.5 Å². The van der Waals surface area contributed by atoms with Crippen molar-refractivity contribution in [2.45, 2.75) is 19.9 Å². The first-order valence-corrected chi connectivity index (χ1v) is 5.13. The normalized spacial score (nSPS) is 12.5. The second kappa shape index (κ2) is 6.02. The van der Waals surface area contributed by atoms with Crippen LogP contribution in [0, 0.1) is 11.2 Å². The van der Waals surface area contributed by atoms with E-state index >= 15 is 0 Å². The first-order valence-electron chi connectivity index (χ1n) is 5.13. The van der Waals surface area contributed by atoms with Gasteiger partial charge in [-0.3, -0.25) is 4.79 Å². The number of ether oxygens (including phenoxy) is 1. The number of benzene rings is 1. The number of aromatic hydroxyl groups is 1. The number of para-hydroxylation sites is 1. The first kappa shape index (κ1) is 16.7. The molecule has 0 radical (unpaired) electrons. The van der Waals surface area contributed by atoms with Gasteiger partial charge in [0.05, 0.1) is 12.5 Å². The van der Waals surface area contributed by atoms with Crippen LogP contribution in [-0.2, 0) is 9.53 Å². The van der Waals surface area contributed by atoms with E-state index in [9.17, 15) is 14.3 Å². The maximum Gasteiger partial charge on any atom is 0.313 e. The largest absolute Gasteiger partial charge is 0.505 e. The van der Waals surface area contributed by atoms with E-state index in [-0.39, 0.29) is 18.0 Å². The van der Waals surface area contributed by atoms with Crippen LogP contribution in [0.1, 0.15) is 25.5 Å². The Bertz CT molecular complexity index is 437. The minimum Gasteiger partial charge on any atom is -0.505 e. The summed E-state index contributed by atoms with van der Waals surface area (Å²) in [6, 6.07) is 3.17. The summed E-state index contributed by atoms with van der Waals surface area (Å²) in [5.41, 5.74) is 5.02. The Morgan fingerprint density at radius 1 is 1.50 bits per heavy atom. The van der Waals surface area contributed by atoms with Crippen LogP contribution in [0.25, 0.3) is 0 Å². The molecule has 0 aliphatic rings. The van der Waals surface area contributed by atoms with Crippen LogP contribution in [0.4, 0.5) is 4.39 Å². The second-order valence-corrected chi connectivity index (χ2v) is 4.37. The van der Waals surface area contributed by atoms with E-state index < -0.39 is 29.0 Å². The molecular formula is C12H17ClFNO3. The molecule has 0 aliphatic carbocycles. The van der Waals surface area contributed by atoms with Crippen LogP contribution in [0.5, 0.6) is 5.75 Å². The molecule has 18 heavy (non-hydrogen) atoms.